The quantitative estimate of drug-likeness (QED) is 0.311. The van der Waals surface area contributed by atoms with E-state index in [4.69, 9.17) is 9.47 Å². The molecule has 1 aliphatic rings. The molecule has 0 aromatic carbocycles. The van der Waals surface area contributed by atoms with Crippen LogP contribution in [0, 0.1) is 5.92 Å². The Morgan fingerprint density at radius 1 is 0.897 bits per heavy atom. The topological polar surface area (TPSA) is 67.8 Å². The number of carbonyl (C=O) groups is 1. The van der Waals surface area contributed by atoms with E-state index in [-0.39, 0.29) is 24.0 Å². The van der Waals surface area contributed by atoms with Crippen LogP contribution in [0.2, 0.25) is 0 Å². The van der Waals surface area contributed by atoms with Gasteiger partial charge in [-0.15, -0.1) is 0 Å². The predicted molar refractivity (Wildman–Crippen MR) is 119 cm³/mol. The van der Waals surface area contributed by atoms with Crippen molar-refractivity contribution in [2.45, 2.75) is 121 Å². The van der Waals surface area contributed by atoms with E-state index in [1.165, 1.54) is 70.6 Å². The first kappa shape index (κ1) is 26.4. The smallest absolute Gasteiger partial charge is 0.220 e. The van der Waals surface area contributed by atoms with Gasteiger partial charge < -0.3 is 19.9 Å². The van der Waals surface area contributed by atoms with Crippen LogP contribution in [0.3, 0.4) is 0 Å². The van der Waals surface area contributed by atoms with Gasteiger partial charge in [-0.1, -0.05) is 84.0 Å². The number of ether oxygens (including phenoxy) is 2. The Hall–Kier alpha value is -0.650. The largest absolute Gasteiger partial charge is 0.390 e. The molecular formula is C24H47NO4. The van der Waals surface area contributed by atoms with Crippen LogP contribution in [0.5, 0.6) is 0 Å². The molecule has 0 saturated heterocycles. The molecule has 0 spiro atoms. The van der Waals surface area contributed by atoms with Crippen molar-refractivity contribution in [3.63, 3.8) is 0 Å². The van der Waals surface area contributed by atoms with E-state index in [9.17, 15) is 9.90 Å². The number of methoxy groups -OCH3 is 2. The van der Waals surface area contributed by atoms with Crippen LogP contribution < -0.4 is 5.32 Å². The number of nitrogens with one attached hydrogen (secondary N) is 1. The first-order chi connectivity index (χ1) is 14.1. The minimum Gasteiger partial charge on any atom is -0.390 e. The van der Waals surface area contributed by atoms with Crippen molar-refractivity contribution >= 4 is 5.91 Å². The first-order valence-corrected chi connectivity index (χ1v) is 12.1. The molecule has 2 N–H and O–H groups in total. The fraction of sp³-hybridized carbons (Fsp3) is 0.958. The zero-order valence-corrected chi connectivity index (χ0v) is 19.3. The third-order valence-electron chi connectivity index (χ3n) is 6.28. The lowest BCUT2D eigenvalue weighted by molar-refractivity contribution is -0.123. The summed E-state index contributed by atoms with van der Waals surface area (Å²) >= 11 is 0. The van der Waals surface area contributed by atoms with Gasteiger partial charge in [-0.2, -0.15) is 0 Å². The molecule has 5 heteroatoms. The monoisotopic (exact) mass is 413 g/mol. The van der Waals surface area contributed by atoms with Crippen LogP contribution in [0.1, 0.15) is 103 Å². The van der Waals surface area contributed by atoms with Gasteiger partial charge in [0, 0.05) is 26.6 Å². The maximum Gasteiger partial charge on any atom is 0.220 e. The summed E-state index contributed by atoms with van der Waals surface area (Å²) in [6.07, 6.45) is 17.3. The molecule has 0 aromatic heterocycles. The second-order valence-electron chi connectivity index (χ2n) is 8.81. The fourth-order valence-corrected chi connectivity index (χ4v) is 4.51. The average molecular weight is 414 g/mol. The summed E-state index contributed by atoms with van der Waals surface area (Å²) < 4.78 is 10.6. The number of unbranched alkanes of at least 4 members (excludes halogenated alkanes) is 12. The molecule has 29 heavy (non-hydrogen) atoms. The van der Waals surface area contributed by atoms with Crippen molar-refractivity contribution in [2.24, 2.45) is 5.92 Å². The molecule has 0 bridgehead atoms. The normalized spacial score (nSPS) is 24.1. The molecular weight excluding hydrogens is 366 g/mol. The molecule has 4 atom stereocenters. The predicted octanol–water partition coefficient (Wildman–Crippen LogP) is 4.99. The summed E-state index contributed by atoms with van der Waals surface area (Å²) in [7, 11) is 3.23. The molecule has 1 fully saturated rings. The zero-order chi connectivity index (χ0) is 21.3. The number of carbonyl (C=O) groups excluding carboxylic acids is 1. The van der Waals surface area contributed by atoms with Crippen LogP contribution >= 0.6 is 0 Å². The Bertz CT molecular complexity index is 404. The van der Waals surface area contributed by atoms with Crippen molar-refractivity contribution < 1.29 is 19.4 Å². The van der Waals surface area contributed by atoms with Gasteiger partial charge in [-0.3, -0.25) is 4.79 Å². The maximum atomic E-state index is 12.3. The molecule has 0 heterocycles. The van der Waals surface area contributed by atoms with Crippen LogP contribution in [0.4, 0.5) is 0 Å². The number of aliphatic hydroxyl groups is 1. The summed E-state index contributed by atoms with van der Waals surface area (Å²) in [5.41, 5.74) is 0. The van der Waals surface area contributed by atoms with Crippen molar-refractivity contribution in [3.05, 3.63) is 0 Å². The molecule has 0 aromatic rings. The molecule has 1 amide bonds. The summed E-state index contributed by atoms with van der Waals surface area (Å²) in [4.78, 5) is 12.3. The molecule has 1 aliphatic carbocycles. The fourth-order valence-electron chi connectivity index (χ4n) is 4.51. The second kappa shape index (κ2) is 17.1. The van der Waals surface area contributed by atoms with E-state index < -0.39 is 6.10 Å². The molecule has 5 nitrogen and oxygen atoms in total. The summed E-state index contributed by atoms with van der Waals surface area (Å²) in [5.74, 6) is 0.0944. The molecule has 1 unspecified atom stereocenters. The zero-order valence-electron chi connectivity index (χ0n) is 19.3. The number of hydrogen-bond acceptors (Lipinski definition) is 4. The molecule has 0 aliphatic heterocycles. The molecule has 0 radical (unpaired) electrons. The lowest BCUT2D eigenvalue weighted by atomic mass is 10.0. The Morgan fingerprint density at radius 2 is 1.41 bits per heavy atom. The number of aliphatic hydroxyl groups excluding tert-OH is 1. The first-order valence-electron chi connectivity index (χ1n) is 12.1. The van der Waals surface area contributed by atoms with Gasteiger partial charge in [-0.25, -0.2) is 0 Å². The van der Waals surface area contributed by atoms with Crippen molar-refractivity contribution in [2.75, 3.05) is 20.8 Å². The molecule has 1 rings (SSSR count). The van der Waals surface area contributed by atoms with E-state index in [1.807, 2.05) is 0 Å². The summed E-state index contributed by atoms with van der Waals surface area (Å²) in [6.45, 7) is 2.76. The van der Waals surface area contributed by atoms with Crippen molar-refractivity contribution in [1.82, 2.24) is 5.32 Å². The van der Waals surface area contributed by atoms with Gasteiger partial charge in [0.05, 0.1) is 18.8 Å². The highest BCUT2D eigenvalue weighted by Crippen LogP contribution is 2.29. The minimum absolute atomic E-state index is 0.0200. The van der Waals surface area contributed by atoms with E-state index in [2.05, 4.69) is 12.2 Å². The minimum atomic E-state index is -0.582. The van der Waals surface area contributed by atoms with Crippen molar-refractivity contribution in [1.29, 1.82) is 0 Å². The highest BCUT2D eigenvalue weighted by atomic mass is 16.5. The third-order valence-corrected chi connectivity index (χ3v) is 6.28. The van der Waals surface area contributed by atoms with Gasteiger partial charge in [-0.05, 0) is 12.8 Å². The Morgan fingerprint density at radius 3 is 1.90 bits per heavy atom. The average Bonchev–Trinajstić information content (AvgIpc) is 3.00. The van der Waals surface area contributed by atoms with E-state index in [1.54, 1.807) is 14.2 Å². The van der Waals surface area contributed by atoms with E-state index in [0.717, 1.165) is 12.8 Å². The Labute approximate surface area is 179 Å². The number of rotatable bonds is 18. The number of hydrogen-bond donors (Lipinski definition) is 2. The van der Waals surface area contributed by atoms with E-state index >= 15 is 0 Å². The maximum absolute atomic E-state index is 12.3. The second-order valence-corrected chi connectivity index (χ2v) is 8.81. The van der Waals surface area contributed by atoms with Gasteiger partial charge in [0.25, 0.3) is 0 Å². The lowest BCUT2D eigenvalue weighted by Gasteiger charge is -2.22. The van der Waals surface area contributed by atoms with E-state index in [0.29, 0.717) is 19.4 Å². The highest BCUT2D eigenvalue weighted by Gasteiger charge is 2.43. The lowest BCUT2D eigenvalue weighted by Crippen LogP contribution is -2.44. The highest BCUT2D eigenvalue weighted by molar-refractivity contribution is 5.76. The standard InChI is InChI=1S/C24H47NO4/c1-4-5-6-7-8-9-10-11-12-13-14-15-16-17-22(26)25-21-18-20(19-28-2)23(27)24(21)29-3/h20-21,23-24,27H,4-19H2,1-3H3,(H,25,26)/t20-,21+,23+,24?/m1/s1. The van der Waals surface area contributed by atoms with Crippen LogP contribution in [-0.4, -0.2) is 50.1 Å². The summed E-state index contributed by atoms with van der Waals surface area (Å²) in [6, 6.07) is -0.121. The molecule has 172 valence electrons. The molecule has 1 saturated carbocycles. The van der Waals surface area contributed by atoms with Crippen LogP contribution in [0.25, 0.3) is 0 Å². The van der Waals surface area contributed by atoms with Gasteiger partial charge in [0.2, 0.25) is 5.91 Å². The summed E-state index contributed by atoms with van der Waals surface area (Å²) in [5, 5.41) is 13.4. The van der Waals surface area contributed by atoms with Crippen LogP contribution in [0.15, 0.2) is 0 Å². The van der Waals surface area contributed by atoms with Gasteiger partial charge in [0.1, 0.15) is 6.10 Å². The van der Waals surface area contributed by atoms with Gasteiger partial charge in [0.15, 0.2) is 0 Å². The Kier molecular flexibility index (Phi) is 15.5. The van der Waals surface area contributed by atoms with Crippen molar-refractivity contribution in [3.8, 4) is 0 Å². The SMILES string of the molecule is CCCCCCCCCCCCCCCC(=O)N[C@H]1C[C@H](COC)[C@H](O)C1OC. The van der Waals surface area contributed by atoms with Gasteiger partial charge >= 0.3 is 0 Å². The Balaban J connectivity index is 1.99. The van der Waals surface area contributed by atoms with Crippen LogP contribution in [-0.2, 0) is 14.3 Å². The number of amides is 1. The third kappa shape index (κ3) is 11.4.